The summed E-state index contributed by atoms with van der Waals surface area (Å²) in [5, 5.41) is 0.772. The van der Waals surface area contributed by atoms with E-state index in [4.69, 9.17) is 10.5 Å². The number of rotatable bonds is 2. The number of anilines is 1. The van der Waals surface area contributed by atoms with Gasteiger partial charge < -0.3 is 10.5 Å². The molecule has 0 aliphatic carbocycles. The van der Waals surface area contributed by atoms with Crippen LogP contribution in [0.15, 0.2) is 42.6 Å². The van der Waals surface area contributed by atoms with E-state index in [1.165, 1.54) is 6.07 Å². The van der Waals surface area contributed by atoms with Crippen molar-refractivity contribution in [1.29, 1.82) is 0 Å². The van der Waals surface area contributed by atoms with Crippen LogP contribution in [-0.2, 0) is 0 Å². The Hall–Kier alpha value is -2.69. The standard InChI is InChI=1S/C15H12FN3O/c1-9-6-10-8-18-15(19-14(10)7-13(9)16)20-12-4-2-11(17)3-5-12/h2-8H,17H2,1H3. The van der Waals surface area contributed by atoms with Crippen molar-refractivity contribution in [3.05, 3.63) is 54.0 Å². The van der Waals surface area contributed by atoms with Crippen molar-refractivity contribution < 1.29 is 9.13 Å². The summed E-state index contributed by atoms with van der Waals surface area (Å²) in [6.07, 6.45) is 1.61. The fourth-order valence-corrected chi connectivity index (χ4v) is 1.84. The minimum absolute atomic E-state index is 0.172. The van der Waals surface area contributed by atoms with E-state index in [0.29, 0.717) is 22.5 Å². The van der Waals surface area contributed by atoms with Gasteiger partial charge in [-0.25, -0.2) is 9.37 Å². The van der Waals surface area contributed by atoms with Crippen LogP contribution in [0, 0.1) is 12.7 Å². The zero-order valence-electron chi connectivity index (χ0n) is 10.8. The van der Waals surface area contributed by atoms with Crippen LogP contribution >= 0.6 is 0 Å². The summed E-state index contributed by atoms with van der Waals surface area (Å²) in [5.41, 5.74) is 7.32. The molecule has 0 aliphatic rings. The van der Waals surface area contributed by atoms with Gasteiger partial charge in [0.25, 0.3) is 0 Å². The summed E-state index contributed by atoms with van der Waals surface area (Å²) < 4.78 is 19.0. The van der Waals surface area contributed by atoms with Crippen LogP contribution in [0.1, 0.15) is 5.56 Å². The van der Waals surface area contributed by atoms with Crippen molar-refractivity contribution >= 4 is 16.6 Å². The first-order valence-electron chi connectivity index (χ1n) is 6.08. The van der Waals surface area contributed by atoms with Crippen molar-refractivity contribution in [3.63, 3.8) is 0 Å². The highest BCUT2D eigenvalue weighted by atomic mass is 19.1. The van der Waals surface area contributed by atoms with E-state index in [9.17, 15) is 4.39 Å². The van der Waals surface area contributed by atoms with Crippen LogP contribution in [0.3, 0.4) is 0 Å². The molecule has 0 amide bonds. The summed E-state index contributed by atoms with van der Waals surface area (Å²) in [5.74, 6) is 0.278. The average molecular weight is 269 g/mol. The highest BCUT2D eigenvalue weighted by Crippen LogP contribution is 2.22. The Morgan fingerprint density at radius 1 is 1.15 bits per heavy atom. The smallest absolute Gasteiger partial charge is 0.322 e. The summed E-state index contributed by atoms with van der Waals surface area (Å²) >= 11 is 0. The second-order valence-corrected chi connectivity index (χ2v) is 4.48. The molecular formula is C15H12FN3O. The summed E-state index contributed by atoms with van der Waals surface area (Å²) in [4.78, 5) is 8.30. The van der Waals surface area contributed by atoms with Crippen LogP contribution in [0.2, 0.25) is 0 Å². The Bertz CT molecular complexity index is 772. The SMILES string of the molecule is Cc1cc2cnc(Oc3ccc(N)cc3)nc2cc1F. The van der Waals surface area contributed by atoms with E-state index >= 15 is 0 Å². The molecule has 4 nitrogen and oxygen atoms in total. The van der Waals surface area contributed by atoms with Crippen molar-refractivity contribution in [2.24, 2.45) is 0 Å². The minimum Gasteiger partial charge on any atom is -0.424 e. The van der Waals surface area contributed by atoms with Crippen LogP contribution in [0.5, 0.6) is 11.8 Å². The van der Waals surface area contributed by atoms with E-state index < -0.39 is 0 Å². The Morgan fingerprint density at radius 2 is 1.90 bits per heavy atom. The lowest BCUT2D eigenvalue weighted by Crippen LogP contribution is -1.94. The number of nitrogens with zero attached hydrogens (tertiary/aromatic N) is 2. The van der Waals surface area contributed by atoms with Crippen LogP contribution in [-0.4, -0.2) is 9.97 Å². The second kappa shape index (κ2) is 4.77. The molecule has 2 aromatic carbocycles. The van der Waals surface area contributed by atoms with E-state index in [-0.39, 0.29) is 11.8 Å². The lowest BCUT2D eigenvalue weighted by atomic mass is 10.1. The number of aryl methyl sites for hydroxylation is 1. The predicted molar refractivity (Wildman–Crippen MR) is 75.2 cm³/mol. The molecule has 0 fully saturated rings. The van der Waals surface area contributed by atoms with Gasteiger partial charge in [0, 0.05) is 23.3 Å². The number of benzene rings is 2. The molecule has 0 saturated heterocycles. The quantitative estimate of drug-likeness (QED) is 0.724. The third-order valence-electron chi connectivity index (χ3n) is 2.93. The first-order valence-corrected chi connectivity index (χ1v) is 6.08. The maximum atomic E-state index is 13.5. The number of nitrogens with two attached hydrogens (primary N) is 1. The fraction of sp³-hybridized carbons (Fsp3) is 0.0667. The lowest BCUT2D eigenvalue weighted by molar-refractivity contribution is 0.444. The molecule has 3 aromatic rings. The van der Waals surface area contributed by atoms with Gasteiger partial charge in [0.15, 0.2) is 0 Å². The number of ether oxygens (including phenoxy) is 1. The molecule has 0 atom stereocenters. The Balaban J connectivity index is 1.96. The van der Waals surface area contributed by atoms with Gasteiger partial charge in [0.2, 0.25) is 0 Å². The van der Waals surface area contributed by atoms with Crippen LogP contribution in [0.25, 0.3) is 10.9 Å². The largest absolute Gasteiger partial charge is 0.424 e. The highest BCUT2D eigenvalue weighted by molar-refractivity contribution is 5.78. The third-order valence-corrected chi connectivity index (χ3v) is 2.93. The molecule has 0 saturated carbocycles. The minimum atomic E-state index is -0.297. The lowest BCUT2D eigenvalue weighted by Gasteiger charge is -2.05. The monoisotopic (exact) mass is 269 g/mol. The number of hydrogen-bond donors (Lipinski definition) is 1. The summed E-state index contributed by atoms with van der Waals surface area (Å²) in [6.45, 7) is 1.70. The molecule has 0 bridgehead atoms. The molecule has 0 unspecified atom stereocenters. The maximum absolute atomic E-state index is 13.5. The first-order chi connectivity index (χ1) is 9.61. The van der Waals surface area contributed by atoms with Gasteiger partial charge in [-0.2, -0.15) is 4.98 Å². The van der Waals surface area contributed by atoms with Gasteiger partial charge in [-0.3, -0.25) is 0 Å². The van der Waals surface area contributed by atoms with Crippen molar-refractivity contribution in [2.45, 2.75) is 6.92 Å². The first kappa shape index (κ1) is 12.3. The molecule has 2 N–H and O–H groups in total. The summed E-state index contributed by atoms with van der Waals surface area (Å²) in [7, 11) is 0. The van der Waals surface area contributed by atoms with Crippen molar-refractivity contribution in [3.8, 4) is 11.8 Å². The molecule has 0 spiro atoms. The molecule has 100 valence electrons. The predicted octanol–water partition coefficient (Wildman–Crippen LogP) is 3.45. The van der Waals surface area contributed by atoms with Crippen LogP contribution in [0.4, 0.5) is 10.1 Å². The van der Waals surface area contributed by atoms with E-state index in [1.807, 2.05) is 0 Å². The molecule has 20 heavy (non-hydrogen) atoms. The number of fused-ring (bicyclic) bond motifs is 1. The Labute approximate surface area is 115 Å². The van der Waals surface area contributed by atoms with Gasteiger partial charge in [0.1, 0.15) is 11.6 Å². The highest BCUT2D eigenvalue weighted by Gasteiger charge is 2.06. The number of halogens is 1. The zero-order chi connectivity index (χ0) is 14.1. The number of aromatic nitrogens is 2. The molecule has 0 radical (unpaired) electrons. The van der Waals surface area contributed by atoms with Gasteiger partial charge >= 0.3 is 6.01 Å². The summed E-state index contributed by atoms with van der Waals surface area (Å²) in [6, 6.07) is 10.1. The van der Waals surface area contributed by atoms with Crippen molar-refractivity contribution in [1.82, 2.24) is 9.97 Å². The Kier molecular flexibility index (Phi) is 2.95. The molecule has 3 rings (SSSR count). The van der Waals surface area contributed by atoms with Crippen LogP contribution < -0.4 is 10.5 Å². The maximum Gasteiger partial charge on any atom is 0.322 e. The molecule has 1 aromatic heterocycles. The second-order valence-electron chi connectivity index (χ2n) is 4.48. The van der Waals surface area contributed by atoms with Gasteiger partial charge in [0.05, 0.1) is 5.52 Å². The molecule has 1 heterocycles. The van der Waals surface area contributed by atoms with E-state index in [2.05, 4.69) is 9.97 Å². The van der Waals surface area contributed by atoms with Gasteiger partial charge in [-0.15, -0.1) is 0 Å². The molecule has 5 heteroatoms. The zero-order valence-corrected chi connectivity index (χ0v) is 10.8. The number of hydrogen-bond acceptors (Lipinski definition) is 4. The molecular weight excluding hydrogens is 257 g/mol. The van der Waals surface area contributed by atoms with Gasteiger partial charge in [-0.05, 0) is 42.8 Å². The normalized spacial score (nSPS) is 10.7. The van der Waals surface area contributed by atoms with E-state index in [0.717, 1.165) is 5.39 Å². The molecule has 0 aliphatic heterocycles. The Morgan fingerprint density at radius 3 is 2.65 bits per heavy atom. The fourth-order valence-electron chi connectivity index (χ4n) is 1.84. The topological polar surface area (TPSA) is 61.0 Å². The van der Waals surface area contributed by atoms with Gasteiger partial charge in [-0.1, -0.05) is 0 Å². The number of nitrogen functional groups attached to an aromatic ring is 1. The van der Waals surface area contributed by atoms with E-state index in [1.54, 1.807) is 43.5 Å². The average Bonchev–Trinajstić information content (AvgIpc) is 2.43. The van der Waals surface area contributed by atoms with Crippen molar-refractivity contribution in [2.75, 3.05) is 5.73 Å². The third kappa shape index (κ3) is 2.38.